The minimum atomic E-state index is -0.102. The fourth-order valence-corrected chi connectivity index (χ4v) is 1.40. The van der Waals surface area contributed by atoms with Crippen molar-refractivity contribution < 1.29 is 9.47 Å². The average Bonchev–Trinajstić information content (AvgIpc) is 2.18. The Labute approximate surface area is 86.4 Å². The standard InChI is InChI=1S/C10H20N2O2/c1-9(7-11)12(5-6-13-3)10(2)8-14-4/h9-10H,5-6,8H2,1-4H3. The van der Waals surface area contributed by atoms with Gasteiger partial charge in [0, 0.05) is 26.8 Å². The van der Waals surface area contributed by atoms with Crippen LogP contribution in [-0.4, -0.2) is 51.0 Å². The highest BCUT2D eigenvalue weighted by Crippen LogP contribution is 2.05. The molecule has 0 spiro atoms. The number of methoxy groups -OCH3 is 2. The zero-order valence-electron chi connectivity index (χ0n) is 9.49. The summed E-state index contributed by atoms with van der Waals surface area (Å²) < 4.78 is 10.1. The van der Waals surface area contributed by atoms with Gasteiger partial charge in [0.1, 0.15) is 0 Å². The van der Waals surface area contributed by atoms with E-state index in [-0.39, 0.29) is 12.1 Å². The predicted octanol–water partition coefficient (Wildman–Crippen LogP) is 0.882. The molecule has 82 valence electrons. The number of rotatable bonds is 7. The monoisotopic (exact) mass is 200 g/mol. The first-order valence-electron chi connectivity index (χ1n) is 4.80. The molecule has 0 fully saturated rings. The van der Waals surface area contributed by atoms with Gasteiger partial charge in [0.2, 0.25) is 0 Å². The molecular formula is C10H20N2O2. The van der Waals surface area contributed by atoms with Gasteiger partial charge < -0.3 is 9.47 Å². The Morgan fingerprint density at radius 1 is 1.29 bits per heavy atom. The van der Waals surface area contributed by atoms with Crippen LogP contribution in [0.4, 0.5) is 0 Å². The van der Waals surface area contributed by atoms with E-state index in [4.69, 9.17) is 14.7 Å². The number of hydrogen-bond acceptors (Lipinski definition) is 4. The lowest BCUT2D eigenvalue weighted by Crippen LogP contribution is -2.43. The maximum atomic E-state index is 8.85. The molecule has 0 heterocycles. The Kier molecular flexibility index (Phi) is 7.40. The van der Waals surface area contributed by atoms with E-state index in [2.05, 4.69) is 11.0 Å². The maximum absolute atomic E-state index is 8.85. The molecule has 0 amide bonds. The van der Waals surface area contributed by atoms with Gasteiger partial charge in [0.05, 0.1) is 25.3 Å². The Balaban J connectivity index is 4.16. The fourth-order valence-electron chi connectivity index (χ4n) is 1.40. The maximum Gasteiger partial charge on any atom is 0.0953 e. The van der Waals surface area contributed by atoms with Crippen molar-refractivity contribution in [2.75, 3.05) is 34.0 Å². The lowest BCUT2D eigenvalue weighted by molar-refractivity contribution is 0.0647. The van der Waals surface area contributed by atoms with E-state index in [9.17, 15) is 0 Å². The van der Waals surface area contributed by atoms with Gasteiger partial charge in [-0.15, -0.1) is 0 Å². The normalized spacial score (nSPS) is 15.1. The van der Waals surface area contributed by atoms with E-state index in [1.807, 2.05) is 13.8 Å². The highest BCUT2D eigenvalue weighted by molar-refractivity contribution is 4.90. The van der Waals surface area contributed by atoms with Crippen LogP contribution in [0.2, 0.25) is 0 Å². The zero-order valence-corrected chi connectivity index (χ0v) is 9.49. The number of nitrogens with zero attached hydrogens (tertiary/aromatic N) is 2. The second-order valence-electron chi connectivity index (χ2n) is 3.34. The first-order valence-corrected chi connectivity index (χ1v) is 4.80. The van der Waals surface area contributed by atoms with E-state index in [0.717, 1.165) is 6.54 Å². The second-order valence-corrected chi connectivity index (χ2v) is 3.34. The van der Waals surface area contributed by atoms with Gasteiger partial charge in [-0.25, -0.2) is 0 Å². The Morgan fingerprint density at radius 2 is 1.93 bits per heavy atom. The van der Waals surface area contributed by atoms with E-state index < -0.39 is 0 Å². The van der Waals surface area contributed by atoms with E-state index in [1.54, 1.807) is 14.2 Å². The average molecular weight is 200 g/mol. The molecule has 0 aromatic rings. The molecule has 4 nitrogen and oxygen atoms in total. The third kappa shape index (κ3) is 4.56. The quantitative estimate of drug-likeness (QED) is 0.612. The number of hydrogen-bond donors (Lipinski definition) is 0. The van der Waals surface area contributed by atoms with Gasteiger partial charge in [-0.05, 0) is 13.8 Å². The summed E-state index contributed by atoms with van der Waals surface area (Å²) >= 11 is 0. The Bertz CT molecular complexity index is 179. The second kappa shape index (κ2) is 7.74. The summed E-state index contributed by atoms with van der Waals surface area (Å²) in [5, 5.41) is 8.85. The topological polar surface area (TPSA) is 45.5 Å². The third-order valence-electron chi connectivity index (χ3n) is 2.21. The molecule has 0 saturated heterocycles. The van der Waals surface area contributed by atoms with Crippen molar-refractivity contribution in [1.82, 2.24) is 4.90 Å². The van der Waals surface area contributed by atoms with Gasteiger partial charge in [-0.3, -0.25) is 4.90 Å². The minimum absolute atomic E-state index is 0.102. The first kappa shape index (κ1) is 13.4. The van der Waals surface area contributed by atoms with Crippen LogP contribution in [0.1, 0.15) is 13.8 Å². The van der Waals surface area contributed by atoms with Crippen LogP contribution in [0.15, 0.2) is 0 Å². The van der Waals surface area contributed by atoms with Crippen LogP contribution in [0.5, 0.6) is 0 Å². The molecule has 4 heteroatoms. The molecule has 0 radical (unpaired) electrons. The Morgan fingerprint density at radius 3 is 2.36 bits per heavy atom. The molecule has 14 heavy (non-hydrogen) atoms. The lowest BCUT2D eigenvalue weighted by atomic mass is 10.2. The van der Waals surface area contributed by atoms with Crippen molar-refractivity contribution in [3.8, 4) is 6.07 Å². The summed E-state index contributed by atoms with van der Waals surface area (Å²) in [6.07, 6.45) is 0. The van der Waals surface area contributed by atoms with Gasteiger partial charge in [0.25, 0.3) is 0 Å². The zero-order chi connectivity index (χ0) is 11.0. The molecule has 0 aromatic heterocycles. The highest BCUT2D eigenvalue weighted by atomic mass is 16.5. The van der Waals surface area contributed by atoms with Crippen molar-refractivity contribution in [3.63, 3.8) is 0 Å². The molecule has 2 unspecified atom stereocenters. The van der Waals surface area contributed by atoms with Gasteiger partial charge >= 0.3 is 0 Å². The molecule has 0 aliphatic carbocycles. The summed E-state index contributed by atoms with van der Waals surface area (Å²) in [7, 11) is 3.33. The molecule has 0 aromatic carbocycles. The van der Waals surface area contributed by atoms with Crippen LogP contribution in [0.25, 0.3) is 0 Å². The molecule has 0 aliphatic rings. The summed E-state index contributed by atoms with van der Waals surface area (Å²) in [5.74, 6) is 0. The van der Waals surface area contributed by atoms with Crippen LogP contribution in [-0.2, 0) is 9.47 Å². The smallest absolute Gasteiger partial charge is 0.0953 e. The summed E-state index contributed by atoms with van der Waals surface area (Å²) in [4.78, 5) is 2.08. The molecular weight excluding hydrogens is 180 g/mol. The van der Waals surface area contributed by atoms with E-state index >= 15 is 0 Å². The summed E-state index contributed by atoms with van der Waals surface area (Å²) in [6.45, 7) is 5.97. The fraction of sp³-hybridized carbons (Fsp3) is 0.900. The van der Waals surface area contributed by atoms with Crippen molar-refractivity contribution in [2.45, 2.75) is 25.9 Å². The molecule has 0 rings (SSSR count). The van der Waals surface area contributed by atoms with Gasteiger partial charge in [0.15, 0.2) is 0 Å². The molecule has 0 saturated carbocycles. The minimum Gasteiger partial charge on any atom is -0.383 e. The van der Waals surface area contributed by atoms with Crippen molar-refractivity contribution in [3.05, 3.63) is 0 Å². The largest absolute Gasteiger partial charge is 0.383 e. The molecule has 0 N–H and O–H groups in total. The number of ether oxygens (including phenoxy) is 2. The van der Waals surface area contributed by atoms with Crippen molar-refractivity contribution >= 4 is 0 Å². The van der Waals surface area contributed by atoms with Crippen LogP contribution < -0.4 is 0 Å². The van der Waals surface area contributed by atoms with Gasteiger partial charge in [-0.1, -0.05) is 0 Å². The van der Waals surface area contributed by atoms with Crippen molar-refractivity contribution in [1.29, 1.82) is 5.26 Å². The SMILES string of the molecule is COCCN(C(C)C#N)C(C)COC. The first-order chi connectivity index (χ1) is 6.67. The third-order valence-corrected chi connectivity index (χ3v) is 2.21. The van der Waals surface area contributed by atoms with Crippen LogP contribution in [0, 0.1) is 11.3 Å². The van der Waals surface area contributed by atoms with E-state index in [0.29, 0.717) is 13.2 Å². The predicted molar refractivity (Wildman–Crippen MR) is 55.0 cm³/mol. The van der Waals surface area contributed by atoms with Crippen molar-refractivity contribution in [2.24, 2.45) is 0 Å². The van der Waals surface area contributed by atoms with E-state index in [1.165, 1.54) is 0 Å². The van der Waals surface area contributed by atoms with Crippen LogP contribution in [0.3, 0.4) is 0 Å². The lowest BCUT2D eigenvalue weighted by Gasteiger charge is -2.30. The highest BCUT2D eigenvalue weighted by Gasteiger charge is 2.18. The van der Waals surface area contributed by atoms with Gasteiger partial charge in [-0.2, -0.15) is 5.26 Å². The summed E-state index contributed by atoms with van der Waals surface area (Å²) in [6, 6.07) is 2.37. The van der Waals surface area contributed by atoms with Crippen LogP contribution >= 0.6 is 0 Å². The molecule has 2 atom stereocenters. The molecule has 0 aliphatic heterocycles. The molecule has 0 bridgehead atoms. The Hall–Kier alpha value is -0.630. The number of nitriles is 1. The summed E-state index contributed by atoms with van der Waals surface area (Å²) in [5.41, 5.74) is 0.